The van der Waals surface area contributed by atoms with Crippen LogP contribution in [0.25, 0.3) is 0 Å². The molecule has 1 saturated heterocycles. The van der Waals surface area contributed by atoms with E-state index < -0.39 is 0 Å². The van der Waals surface area contributed by atoms with Crippen LogP contribution in [0.5, 0.6) is 0 Å². The third-order valence-corrected chi connectivity index (χ3v) is 6.23. The largest absolute Gasteiger partial charge is 0.392 e. The second-order valence-corrected chi connectivity index (χ2v) is 7.99. The van der Waals surface area contributed by atoms with Gasteiger partial charge in [0, 0.05) is 13.1 Å². The van der Waals surface area contributed by atoms with E-state index in [9.17, 15) is 9.90 Å². The van der Waals surface area contributed by atoms with Gasteiger partial charge in [-0.25, -0.2) is 0 Å². The molecule has 20 heavy (non-hydrogen) atoms. The highest BCUT2D eigenvalue weighted by atomic mass is 16.3. The predicted molar refractivity (Wildman–Crippen MR) is 76.0 cm³/mol. The van der Waals surface area contributed by atoms with Crippen LogP contribution in [0.1, 0.15) is 44.9 Å². The van der Waals surface area contributed by atoms with Crippen molar-refractivity contribution >= 4 is 5.91 Å². The maximum atomic E-state index is 12.2. The highest BCUT2D eigenvalue weighted by Crippen LogP contribution is 2.59. The molecule has 3 N–H and O–H groups in total. The van der Waals surface area contributed by atoms with Crippen LogP contribution < -0.4 is 10.6 Å². The monoisotopic (exact) mass is 278 g/mol. The third kappa shape index (κ3) is 2.27. The van der Waals surface area contributed by atoms with Crippen molar-refractivity contribution in [2.24, 2.45) is 23.2 Å². The summed E-state index contributed by atoms with van der Waals surface area (Å²) in [5, 5.41) is 15.8. The van der Waals surface area contributed by atoms with Crippen LogP contribution in [0.15, 0.2) is 0 Å². The van der Waals surface area contributed by atoms with Crippen molar-refractivity contribution in [2.45, 2.75) is 57.1 Å². The molecule has 4 heteroatoms. The van der Waals surface area contributed by atoms with Gasteiger partial charge in [-0.2, -0.15) is 0 Å². The molecule has 0 aromatic carbocycles. The number of amides is 1. The van der Waals surface area contributed by atoms with E-state index in [0.29, 0.717) is 18.4 Å². The minimum atomic E-state index is -0.356. The Hall–Kier alpha value is -0.610. The van der Waals surface area contributed by atoms with Gasteiger partial charge >= 0.3 is 0 Å². The number of hydrogen-bond donors (Lipinski definition) is 3. The number of aliphatic hydroxyl groups is 1. The lowest BCUT2D eigenvalue weighted by Gasteiger charge is -2.57. The zero-order valence-corrected chi connectivity index (χ0v) is 12.1. The Kier molecular flexibility index (Phi) is 3.08. The molecule has 112 valence electrons. The summed E-state index contributed by atoms with van der Waals surface area (Å²) >= 11 is 0. The Morgan fingerprint density at radius 2 is 1.70 bits per heavy atom. The first-order chi connectivity index (χ1) is 9.62. The van der Waals surface area contributed by atoms with Crippen molar-refractivity contribution in [2.75, 3.05) is 13.1 Å². The minimum Gasteiger partial charge on any atom is -0.392 e. The number of aliphatic hydroxyl groups excluding tert-OH is 1. The second kappa shape index (κ2) is 4.70. The molecule has 0 spiro atoms. The Morgan fingerprint density at radius 3 is 2.20 bits per heavy atom. The van der Waals surface area contributed by atoms with Crippen molar-refractivity contribution in [3.05, 3.63) is 0 Å². The molecule has 0 aromatic rings. The summed E-state index contributed by atoms with van der Waals surface area (Å²) in [6.07, 6.45) is 8.55. The lowest BCUT2D eigenvalue weighted by Crippen LogP contribution is -2.52. The fourth-order valence-corrected chi connectivity index (χ4v) is 5.82. The first-order valence-corrected chi connectivity index (χ1v) is 8.31. The van der Waals surface area contributed by atoms with Crippen LogP contribution >= 0.6 is 0 Å². The van der Waals surface area contributed by atoms with Crippen LogP contribution in [0.2, 0.25) is 0 Å². The van der Waals surface area contributed by atoms with E-state index in [-0.39, 0.29) is 18.1 Å². The first kappa shape index (κ1) is 13.1. The summed E-state index contributed by atoms with van der Waals surface area (Å²) in [4.78, 5) is 12.2. The molecule has 4 aliphatic carbocycles. The van der Waals surface area contributed by atoms with Gasteiger partial charge in [0.2, 0.25) is 5.91 Å². The SMILES string of the molecule is O=C(NCC12CC3CC(CC(C3)C1)C2)C1CC(O)CN1. The minimum absolute atomic E-state index is 0.0947. The van der Waals surface area contributed by atoms with Gasteiger partial charge in [0.25, 0.3) is 0 Å². The summed E-state index contributed by atoms with van der Waals surface area (Å²) in [5.41, 5.74) is 0.404. The van der Waals surface area contributed by atoms with Gasteiger partial charge in [-0.1, -0.05) is 0 Å². The third-order valence-electron chi connectivity index (χ3n) is 6.23. The molecular weight excluding hydrogens is 252 g/mol. The van der Waals surface area contributed by atoms with Gasteiger partial charge in [0.05, 0.1) is 12.1 Å². The number of rotatable bonds is 3. The molecule has 1 amide bonds. The smallest absolute Gasteiger partial charge is 0.237 e. The van der Waals surface area contributed by atoms with Gasteiger partial charge in [0.15, 0.2) is 0 Å². The van der Waals surface area contributed by atoms with Crippen molar-refractivity contribution in [3.8, 4) is 0 Å². The van der Waals surface area contributed by atoms with Crippen molar-refractivity contribution in [1.82, 2.24) is 10.6 Å². The second-order valence-electron chi connectivity index (χ2n) is 7.99. The Morgan fingerprint density at radius 1 is 1.10 bits per heavy atom. The summed E-state index contributed by atoms with van der Waals surface area (Å²) in [6, 6.07) is -0.182. The standard InChI is InChI=1S/C16H26N2O2/c19-13-4-14(17-8-13)15(20)18-9-16-5-10-1-11(6-16)3-12(2-10)7-16/h10-14,17,19H,1-9H2,(H,18,20). The van der Waals surface area contributed by atoms with Crippen molar-refractivity contribution in [3.63, 3.8) is 0 Å². The number of carbonyl (C=O) groups excluding carboxylic acids is 1. The molecule has 5 fully saturated rings. The van der Waals surface area contributed by atoms with Crippen molar-refractivity contribution < 1.29 is 9.90 Å². The molecule has 4 nitrogen and oxygen atoms in total. The molecule has 1 heterocycles. The average molecular weight is 278 g/mol. The molecule has 1 aliphatic heterocycles. The van der Waals surface area contributed by atoms with E-state index in [1.807, 2.05) is 0 Å². The fourth-order valence-electron chi connectivity index (χ4n) is 5.82. The Bertz CT molecular complexity index is 374. The molecule has 5 aliphatic rings. The quantitative estimate of drug-likeness (QED) is 0.723. The molecular formula is C16H26N2O2. The Labute approximate surface area is 120 Å². The summed E-state index contributed by atoms with van der Waals surface area (Å²) in [6.45, 7) is 1.42. The van der Waals surface area contributed by atoms with Crippen LogP contribution in [-0.4, -0.2) is 36.2 Å². The molecule has 2 atom stereocenters. The number of hydrogen-bond acceptors (Lipinski definition) is 3. The van der Waals surface area contributed by atoms with Gasteiger partial charge in [-0.15, -0.1) is 0 Å². The lowest BCUT2D eigenvalue weighted by atomic mass is 9.49. The number of β-amino-alcohol motifs (C(OH)–C–C–N with tert-alkyl or cyclic N) is 1. The van der Waals surface area contributed by atoms with E-state index in [2.05, 4.69) is 10.6 Å². The predicted octanol–water partition coefficient (Wildman–Crippen LogP) is 1.04. The van der Waals surface area contributed by atoms with Crippen LogP contribution in [0.4, 0.5) is 0 Å². The van der Waals surface area contributed by atoms with Gasteiger partial charge in [-0.3, -0.25) is 4.79 Å². The highest BCUT2D eigenvalue weighted by molar-refractivity contribution is 5.82. The van der Waals surface area contributed by atoms with E-state index in [0.717, 1.165) is 24.3 Å². The zero-order chi connectivity index (χ0) is 13.7. The number of nitrogens with one attached hydrogen (secondary N) is 2. The van der Waals surface area contributed by atoms with Gasteiger partial charge < -0.3 is 15.7 Å². The Balaban J connectivity index is 1.36. The summed E-state index contributed by atoms with van der Waals surface area (Å²) in [7, 11) is 0. The molecule has 0 aromatic heterocycles. The van der Waals surface area contributed by atoms with Gasteiger partial charge in [-0.05, 0) is 68.1 Å². The lowest BCUT2D eigenvalue weighted by molar-refractivity contribution is -0.125. The first-order valence-electron chi connectivity index (χ1n) is 8.31. The van der Waals surface area contributed by atoms with E-state index >= 15 is 0 Å². The topological polar surface area (TPSA) is 61.4 Å². The van der Waals surface area contributed by atoms with E-state index in [1.54, 1.807) is 0 Å². The summed E-state index contributed by atoms with van der Waals surface area (Å²) < 4.78 is 0. The van der Waals surface area contributed by atoms with Crippen LogP contribution in [0, 0.1) is 23.2 Å². The molecule has 4 saturated carbocycles. The van der Waals surface area contributed by atoms with Gasteiger partial charge in [0.1, 0.15) is 0 Å². The summed E-state index contributed by atoms with van der Waals surface area (Å²) in [5.74, 6) is 2.90. The number of carbonyl (C=O) groups is 1. The molecule has 4 bridgehead atoms. The maximum Gasteiger partial charge on any atom is 0.237 e. The maximum absolute atomic E-state index is 12.2. The zero-order valence-electron chi connectivity index (χ0n) is 12.1. The molecule has 5 rings (SSSR count). The van der Waals surface area contributed by atoms with Crippen LogP contribution in [-0.2, 0) is 4.79 Å². The normalized spacial score (nSPS) is 49.5. The fraction of sp³-hybridized carbons (Fsp3) is 0.938. The van der Waals surface area contributed by atoms with Crippen molar-refractivity contribution in [1.29, 1.82) is 0 Å². The van der Waals surface area contributed by atoms with Crippen LogP contribution in [0.3, 0.4) is 0 Å². The molecule has 0 radical (unpaired) electrons. The molecule has 2 unspecified atom stereocenters. The highest BCUT2D eigenvalue weighted by Gasteiger charge is 2.50. The van der Waals surface area contributed by atoms with E-state index in [4.69, 9.17) is 0 Å². The van der Waals surface area contributed by atoms with E-state index in [1.165, 1.54) is 38.5 Å². The average Bonchev–Trinajstić information content (AvgIpc) is 2.81.